The topological polar surface area (TPSA) is 25.5 Å². The Morgan fingerprint density at radius 2 is 1.62 bits per heavy atom. The molecule has 154 valence electrons. The fourth-order valence-corrected chi connectivity index (χ4v) is 4.83. The minimum absolute atomic E-state index is 0.174. The second-order valence-electron chi connectivity index (χ2n) is 8.73. The zero-order valence-electron chi connectivity index (χ0n) is 18.1. The Kier molecular flexibility index (Phi) is 6.04. The highest BCUT2D eigenvalue weighted by Gasteiger charge is 2.37. The number of hydrogen-bond acceptors (Lipinski definition) is 3. The van der Waals surface area contributed by atoms with Gasteiger partial charge in [0.1, 0.15) is 0 Å². The van der Waals surface area contributed by atoms with E-state index in [4.69, 9.17) is 0 Å². The van der Waals surface area contributed by atoms with Gasteiger partial charge in [-0.2, -0.15) is 0 Å². The predicted molar refractivity (Wildman–Crippen MR) is 122 cm³/mol. The fourth-order valence-electron chi connectivity index (χ4n) is 4.83. The normalized spacial score (nSPS) is 17.4. The molecule has 0 unspecified atom stereocenters. The van der Waals surface area contributed by atoms with E-state index in [9.17, 15) is 0 Å². The van der Waals surface area contributed by atoms with Crippen molar-refractivity contribution in [1.82, 2.24) is 19.7 Å². The summed E-state index contributed by atoms with van der Waals surface area (Å²) in [7, 11) is 6.70. The first-order valence-corrected chi connectivity index (χ1v) is 10.8. The van der Waals surface area contributed by atoms with Crippen molar-refractivity contribution in [2.45, 2.75) is 24.9 Å². The number of aromatic amines is 1. The lowest BCUT2D eigenvalue weighted by Crippen LogP contribution is -2.51. The van der Waals surface area contributed by atoms with Crippen LogP contribution in [0.1, 0.15) is 24.0 Å². The largest absolute Gasteiger partial charge is 0.361 e. The average Bonchev–Trinajstić information content (AvgIpc) is 3.16. The second-order valence-corrected chi connectivity index (χ2v) is 8.73. The summed E-state index contributed by atoms with van der Waals surface area (Å²) in [5.74, 6) is 0. The number of H-pyrrole nitrogens is 1. The van der Waals surface area contributed by atoms with Gasteiger partial charge in [-0.05, 0) is 51.2 Å². The summed E-state index contributed by atoms with van der Waals surface area (Å²) in [6.07, 6.45) is 4.54. The average molecular weight is 391 g/mol. The summed E-state index contributed by atoms with van der Waals surface area (Å²) in [6.45, 7) is 5.54. The lowest BCUT2D eigenvalue weighted by molar-refractivity contribution is 0.0504. The van der Waals surface area contributed by atoms with Gasteiger partial charge in [-0.1, -0.05) is 48.5 Å². The highest BCUT2D eigenvalue weighted by Crippen LogP contribution is 2.37. The number of hydrogen-bond donors (Lipinski definition) is 1. The minimum atomic E-state index is 0.174. The summed E-state index contributed by atoms with van der Waals surface area (Å²) in [5, 5.41) is 1.34. The zero-order chi connectivity index (χ0) is 20.3. The Balaban J connectivity index is 1.31. The van der Waals surface area contributed by atoms with Crippen LogP contribution in [0.2, 0.25) is 0 Å². The Labute approximate surface area is 175 Å². The smallest absolute Gasteiger partial charge is 0.0479 e. The van der Waals surface area contributed by atoms with Crippen LogP contribution in [0.15, 0.2) is 60.8 Å². The molecule has 4 heteroatoms. The van der Waals surface area contributed by atoms with Crippen LogP contribution >= 0.6 is 0 Å². The number of piperidine rings is 1. The first kappa shape index (κ1) is 20.1. The van der Waals surface area contributed by atoms with Crippen molar-refractivity contribution in [2.24, 2.45) is 0 Å². The first-order chi connectivity index (χ1) is 14.1. The molecule has 3 aromatic rings. The molecular formula is C25H34N4. The van der Waals surface area contributed by atoms with E-state index in [2.05, 4.69) is 102 Å². The number of likely N-dealkylation sites (tertiary alicyclic amines) is 1. The summed E-state index contributed by atoms with van der Waals surface area (Å²) >= 11 is 0. The molecule has 0 atom stereocenters. The van der Waals surface area contributed by atoms with Crippen molar-refractivity contribution < 1.29 is 0 Å². The van der Waals surface area contributed by atoms with E-state index in [0.29, 0.717) is 0 Å². The molecule has 1 aliphatic rings. The van der Waals surface area contributed by atoms with Crippen LogP contribution in [0.3, 0.4) is 0 Å². The molecule has 4 rings (SSSR count). The minimum Gasteiger partial charge on any atom is -0.361 e. The Hall–Kier alpha value is -2.14. The SMILES string of the molecule is CN(CCN1CCC(c2ccccc2)(N(C)C)CC1)Cc1c[nH]c2ccccc12. The number of nitrogens with zero attached hydrogens (tertiary/aromatic N) is 3. The van der Waals surface area contributed by atoms with E-state index < -0.39 is 0 Å². The van der Waals surface area contributed by atoms with Crippen molar-refractivity contribution in [1.29, 1.82) is 0 Å². The molecule has 0 bridgehead atoms. The van der Waals surface area contributed by atoms with Crippen molar-refractivity contribution >= 4 is 10.9 Å². The molecule has 1 aromatic heterocycles. The van der Waals surface area contributed by atoms with Crippen LogP contribution in [-0.4, -0.2) is 67.0 Å². The molecule has 2 heterocycles. The van der Waals surface area contributed by atoms with Crippen LogP contribution in [0.25, 0.3) is 10.9 Å². The maximum Gasteiger partial charge on any atom is 0.0479 e. The summed E-state index contributed by atoms with van der Waals surface area (Å²) in [5.41, 5.74) is 4.25. The number of aromatic nitrogens is 1. The molecular weight excluding hydrogens is 356 g/mol. The second kappa shape index (κ2) is 8.70. The standard InChI is InChI=1S/C25H34N4/c1-27(2)25(22-9-5-4-6-10-22)13-15-29(16-14-25)18-17-28(3)20-21-19-26-24-12-8-7-11-23(21)24/h4-12,19,26H,13-18,20H2,1-3H3. The highest BCUT2D eigenvalue weighted by atomic mass is 15.2. The maximum atomic E-state index is 3.39. The lowest BCUT2D eigenvalue weighted by Gasteiger charge is -2.47. The van der Waals surface area contributed by atoms with Gasteiger partial charge in [-0.3, -0.25) is 4.90 Å². The zero-order valence-corrected chi connectivity index (χ0v) is 18.1. The van der Waals surface area contributed by atoms with Gasteiger partial charge in [0.25, 0.3) is 0 Å². The summed E-state index contributed by atoms with van der Waals surface area (Å²) < 4.78 is 0. The molecule has 1 N–H and O–H groups in total. The number of benzene rings is 2. The van der Waals surface area contributed by atoms with Crippen LogP contribution in [0.5, 0.6) is 0 Å². The van der Waals surface area contributed by atoms with Crippen molar-refractivity contribution in [2.75, 3.05) is 47.3 Å². The molecule has 1 fully saturated rings. The monoisotopic (exact) mass is 390 g/mol. The van der Waals surface area contributed by atoms with E-state index in [1.807, 2.05) is 0 Å². The Morgan fingerprint density at radius 3 is 2.34 bits per heavy atom. The van der Waals surface area contributed by atoms with Gasteiger partial charge in [0.05, 0.1) is 0 Å². The van der Waals surface area contributed by atoms with Crippen molar-refractivity contribution in [3.05, 3.63) is 71.9 Å². The molecule has 1 saturated heterocycles. The van der Waals surface area contributed by atoms with Gasteiger partial charge >= 0.3 is 0 Å². The molecule has 0 aliphatic carbocycles. The number of rotatable bonds is 7. The molecule has 0 radical (unpaired) electrons. The van der Waals surface area contributed by atoms with Crippen LogP contribution in [0, 0.1) is 0 Å². The first-order valence-electron chi connectivity index (χ1n) is 10.8. The molecule has 1 aliphatic heterocycles. The van der Waals surface area contributed by atoms with Gasteiger partial charge in [0.15, 0.2) is 0 Å². The number of fused-ring (bicyclic) bond motifs is 1. The van der Waals surface area contributed by atoms with E-state index in [1.54, 1.807) is 0 Å². The highest BCUT2D eigenvalue weighted by molar-refractivity contribution is 5.82. The predicted octanol–water partition coefficient (Wildman–Crippen LogP) is 4.15. The molecule has 0 amide bonds. The van der Waals surface area contributed by atoms with E-state index in [-0.39, 0.29) is 5.54 Å². The van der Waals surface area contributed by atoms with E-state index >= 15 is 0 Å². The van der Waals surface area contributed by atoms with Crippen LogP contribution in [0.4, 0.5) is 0 Å². The molecule has 4 nitrogen and oxygen atoms in total. The number of likely N-dealkylation sites (N-methyl/N-ethyl adjacent to an activating group) is 1. The Bertz CT molecular complexity index is 907. The molecule has 29 heavy (non-hydrogen) atoms. The number of nitrogens with one attached hydrogen (secondary N) is 1. The van der Waals surface area contributed by atoms with Gasteiger partial charge in [-0.25, -0.2) is 0 Å². The van der Waals surface area contributed by atoms with Crippen molar-refractivity contribution in [3.8, 4) is 0 Å². The van der Waals surface area contributed by atoms with Gasteiger partial charge < -0.3 is 14.8 Å². The third-order valence-corrected chi connectivity index (χ3v) is 6.76. The lowest BCUT2D eigenvalue weighted by atomic mass is 9.80. The van der Waals surface area contributed by atoms with Gasteiger partial charge in [0.2, 0.25) is 0 Å². The third-order valence-electron chi connectivity index (χ3n) is 6.76. The van der Waals surface area contributed by atoms with Gasteiger partial charge in [0, 0.05) is 55.4 Å². The quantitative estimate of drug-likeness (QED) is 0.656. The Morgan fingerprint density at radius 1 is 0.931 bits per heavy atom. The molecule has 0 saturated carbocycles. The van der Waals surface area contributed by atoms with Gasteiger partial charge in [-0.15, -0.1) is 0 Å². The fraction of sp³-hybridized carbons (Fsp3) is 0.440. The molecule has 2 aromatic carbocycles. The summed E-state index contributed by atoms with van der Waals surface area (Å²) in [4.78, 5) is 10.9. The van der Waals surface area contributed by atoms with Crippen molar-refractivity contribution in [3.63, 3.8) is 0 Å². The van der Waals surface area contributed by atoms with E-state index in [0.717, 1.165) is 32.7 Å². The van der Waals surface area contributed by atoms with E-state index in [1.165, 1.54) is 34.9 Å². The molecule has 0 spiro atoms. The maximum absolute atomic E-state index is 3.39. The van der Waals surface area contributed by atoms with Crippen LogP contribution < -0.4 is 0 Å². The summed E-state index contributed by atoms with van der Waals surface area (Å²) in [6, 6.07) is 19.6. The third kappa shape index (κ3) is 4.25. The van der Waals surface area contributed by atoms with Crippen LogP contribution in [-0.2, 0) is 12.1 Å². The number of para-hydroxylation sites is 1.